The summed E-state index contributed by atoms with van der Waals surface area (Å²) in [4.78, 5) is 27.3. The first-order valence-electron chi connectivity index (χ1n) is 6.75. The Morgan fingerprint density at radius 2 is 1.76 bits per heavy atom. The molecule has 0 atom stereocenters. The number of nitriles is 1. The molecule has 0 saturated heterocycles. The summed E-state index contributed by atoms with van der Waals surface area (Å²) in [7, 11) is 0. The summed E-state index contributed by atoms with van der Waals surface area (Å²) >= 11 is 1.41. The zero-order valence-electron chi connectivity index (χ0n) is 11.0. The molecule has 5 heteroatoms. The van der Waals surface area contributed by atoms with Crippen molar-refractivity contribution in [3.63, 3.8) is 0 Å². The first kappa shape index (κ1) is 12.3. The first-order valence-corrected chi connectivity index (χ1v) is 7.56. The highest BCUT2D eigenvalue weighted by Crippen LogP contribution is 2.43. The van der Waals surface area contributed by atoms with Crippen LogP contribution >= 0.6 is 11.3 Å². The summed E-state index contributed by atoms with van der Waals surface area (Å²) < 4.78 is 0. The van der Waals surface area contributed by atoms with Gasteiger partial charge in [0, 0.05) is 4.88 Å². The predicted octanol–water partition coefficient (Wildman–Crippen LogP) is 2.91. The lowest BCUT2D eigenvalue weighted by atomic mass is 10.1. The molecule has 0 radical (unpaired) electrons. The molecule has 102 valence electrons. The summed E-state index contributed by atoms with van der Waals surface area (Å²) in [6, 6.07) is 8.98. The largest absolute Gasteiger partial charge is 0.268 e. The number of thiophene rings is 1. The molecule has 0 fully saturated rings. The highest BCUT2D eigenvalue weighted by molar-refractivity contribution is 7.17. The van der Waals surface area contributed by atoms with Gasteiger partial charge in [-0.25, -0.2) is 4.90 Å². The molecule has 1 aromatic heterocycles. The van der Waals surface area contributed by atoms with Gasteiger partial charge in [0.2, 0.25) is 0 Å². The van der Waals surface area contributed by atoms with Crippen molar-refractivity contribution in [1.82, 2.24) is 0 Å². The average Bonchev–Trinajstić information content (AvgIpc) is 3.13. The van der Waals surface area contributed by atoms with E-state index in [4.69, 9.17) is 0 Å². The molecule has 2 aliphatic rings. The number of hydrogen-bond donors (Lipinski definition) is 0. The Bertz CT molecular complexity index is 809. The Kier molecular flexibility index (Phi) is 2.50. The van der Waals surface area contributed by atoms with Crippen molar-refractivity contribution in [2.24, 2.45) is 0 Å². The third kappa shape index (κ3) is 1.54. The summed E-state index contributed by atoms with van der Waals surface area (Å²) in [5.41, 5.74) is 2.36. The molecule has 21 heavy (non-hydrogen) atoms. The van der Waals surface area contributed by atoms with Crippen molar-refractivity contribution < 1.29 is 9.59 Å². The molecule has 2 amide bonds. The van der Waals surface area contributed by atoms with Crippen LogP contribution < -0.4 is 4.90 Å². The summed E-state index contributed by atoms with van der Waals surface area (Å²) in [5.74, 6) is -0.654. The molecule has 1 aliphatic carbocycles. The lowest BCUT2D eigenvalue weighted by molar-refractivity contribution is 0.0927. The molecule has 0 spiro atoms. The molecule has 0 saturated carbocycles. The fourth-order valence-electron chi connectivity index (χ4n) is 3.04. The Morgan fingerprint density at radius 3 is 2.38 bits per heavy atom. The van der Waals surface area contributed by atoms with Gasteiger partial charge in [-0.1, -0.05) is 12.1 Å². The van der Waals surface area contributed by atoms with Gasteiger partial charge in [-0.2, -0.15) is 5.26 Å². The van der Waals surface area contributed by atoms with E-state index in [9.17, 15) is 14.9 Å². The molecule has 2 aromatic rings. The average molecular weight is 294 g/mol. The first-order chi connectivity index (χ1) is 10.2. The lowest BCUT2D eigenvalue weighted by Crippen LogP contribution is -2.29. The van der Waals surface area contributed by atoms with E-state index in [2.05, 4.69) is 6.07 Å². The van der Waals surface area contributed by atoms with Gasteiger partial charge in [0.05, 0.1) is 16.7 Å². The minimum Gasteiger partial charge on any atom is -0.268 e. The van der Waals surface area contributed by atoms with Gasteiger partial charge < -0.3 is 0 Å². The topological polar surface area (TPSA) is 61.2 Å². The van der Waals surface area contributed by atoms with Crippen LogP contribution in [0.4, 0.5) is 5.00 Å². The zero-order chi connectivity index (χ0) is 14.6. The minimum atomic E-state index is -0.327. The number of hydrogen-bond acceptors (Lipinski definition) is 4. The second-order valence-electron chi connectivity index (χ2n) is 5.14. The van der Waals surface area contributed by atoms with Crippen molar-refractivity contribution in [2.45, 2.75) is 19.3 Å². The number of amides is 2. The van der Waals surface area contributed by atoms with Gasteiger partial charge in [0.25, 0.3) is 11.8 Å². The SMILES string of the molecule is N#Cc1c(N2C(=O)c3ccccc3C2=O)sc2c1CCC2. The van der Waals surface area contributed by atoms with Crippen LogP contribution in [-0.4, -0.2) is 11.8 Å². The van der Waals surface area contributed by atoms with Crippen LogP contribution in [0.15, 0.2) is 24.3 Å². The summed E-state index contributed by atoms with van der Waals surface area (Å²) in [5, 5.41) is 9.92. The van der Waals surface area contributed by atoms with E-state index in [0.29, 0.717) is 21.7 Å². The number of benzene rings is 1. The number of imide groups is 1. The molecule has 0 unspecified atom stereocenters. The summed E-state index contributed by atoms with van der Waals surface area (Å²) in [6.45, 7) is 0. The van der Waals surface area contributed by atoms with E-state index in [0.717, 1.165) is 29.7 Å². The maximum atomic E-state index is 12.5. The highest BCUT2D eigenvalue weighted by Gasteiger charge is 2.39. The molecule has 1 aromatic carbocycles. The smallest absolute Gasteiger partial charge is 0.266 e. The standard InChI is InChI=1S/C16H10N2O2S/c17-8-12-9-6-3-7-13(9)21-16(12)18-14(19)10-4-1-2-5-11(10)15(18)20/h1-2,4-5H,3,6-7H2. The quantitative estimate of drug-likeness (QED) is 0.760. The predicted molar refractivity (Wildman–Crippen MR) is 78.6 cm³/mol. The van der Waals surface area contributed by atoms with Crippen LogP contribution in [0.25, 0.3) is 0 Å². The van der Waals surface area contributed by atoms with Crippen molar-refractivity contribution in [3.8, 4) is 6.07 Å². The van der Waals surface area contributed by atoms with Gasteiger partial charge in [-0.3, -0.25) is 9.59 Å². The number of nitrogens with zero attached hydrogens (tertiary/aromatic N) is 2. The minimum absolute atomic E-state index is 0.327. The van der Waals surface area contributed by atoms with Crippen LogP contribution in [0, 0.1) is 11.3 Å². The van der Waals surface area contributed by atoms with E-state index in [-0.39, 0.29) is 11.8 Å². The molecule has 0 N–H and O–H groups in total. The number of anilines is 1. The van der Waals surface area contributed by atoms with Crippen LogP contribution in [-0.2, 0) is 12.8 Å². The maximum absolute atomic E-state index is 12.5. The van der Waals surface area contributed by atoms with Crippen LogP contribution in [0.1, 0.15) is 43.1 Å². The van der Waals surface area contributed by atoms with Gasteiger partial charge in [0.1, 0.15) is 11.1 Å². The Labute approximate surface area is 125 Å². The Hall–Kier alpha value is -2.45. The third-order valence-electron chi connectivity index (χ3n) is 4.01. The molecule has 0 bridgehead atoms. The number of rotatable bonds is 1. The van der Waals surface area contributed by atoms with Crippen molar-refractivity contribution >= 4 is 28.2 Å². The van der Waals surface area contributed by atoms with E-state index < -0.39 is 0 Å². The lowest BCUT2D eigenvalue weighted by Gasteiger charge is -2.12. The van der Waals surface area contributed by atoms with E-state index in [1.165, 1.54) is 16.2 Å². The molecule has 4 nitrogen and oxygen atoms in total. The van der Waals surface area contributed by atoms with Crippen LogP contribution in [0.5, 0.6) is 0 Å². The molecular weight excluding hydrogens is 284 g/mol. The van der Waals surface area contributed by atoms with Gasteiger partial charge in [-0.15, -0.1) is 11.3 Å². The maximum Gasteiger partial charge on any atom is 0.266 e. The van der Waals surface area contributed by atoms with Gasteiger partial charge in [0.15, 0.2) is 0 Å². The Morgan fingerprint density at radius 1 is 1.10 bits per heavy atom. The monoisotopic (exact) mass is 294 g/mol. The fraction of sp³-hybridized carbons (Fsp3) is 0.188. The van der Waals surface area contributed by atoms with E-state index in [1.807, 2.05) is 0 Å². The number of carbonyl (C=O) groups excluding carboxylic acids is 2. The Balaban J connectivity index is 1.89. The van der Waals surface area contributed by atoms with Gasteiger partial charge in [-0.05, 0) is 37.0 Å². The number of fused-ring (bicyclic) bond motifs is 2. The van der Waals surface area contributed by atoms with Gasteiger partial charge >= 0.3 is 0 Å². The highest BCUT2D eigenvalue weighted by atomic mass is 32.1. The summed E-state index contributed by atoms with van der Waals surface area (Å²) in [6.07, 6.45) is 2.83. The number of carbonyl (C=O) groups is 2. The third-order valence-corrected chi connectivity index (χ3v) is 5.29. The molecule has 4 rings (SSSR count). The second-order valence-corrected chi connectivity index (χ2v) is 6.22. The molecule has 1 aliphatic heterocycles. The molecular formula is C16H10N2O2S. The van der Waals surface area contributed by atoms with E-state index >= 15 is 0 Å². The zero-order valence-corrected chi connectivity index (χ0v) is 11.9. The van der Waals surface area contributed by atoms with Crippen LogP contribution in [0.3, 0.4) is 0 Å². The fourth-order valence-corrected chi connectivity index (χ4v) is 4.37. The molecule has 2 heterocycles. The van der Waals surface area contributed by atoms with Crippen molar-refractivity contribution in [2.75, 3.05) is 4.90 Å². The van der Waals surface area contributed by atoms with Crippen molar-refractivity contribution in [1.29, 1.82) is 5.26 Å². The second kappa shape index (κ2) is 4.27. The van der Waals surface area contributed by atoms with Crippen molar-refractivity contribution in [3.05, 3.63) is 51.4 Å². The van der Waals surface area contributed by atoms with E-state index in [1.54, 1.807) is 24.3 Å². The normalized spacial score (nSPS) is 16.0. The number of aryl methyl sites for hydroxylation is 1. The van der Waals surface area contributed by atoms with Crippen LogP contribution in [0.2, 0.25) is 0 Å².